The third-order valence-electron chi connectivity index (χ3n) is 7.19. The van der Waals surface area contributed by atoms with Crippen LogP contribution in [0.3, 0.4) is 0 Å². The first kappa shape index (κ1) is 26.4. The van der Waals surface area contributed by atoms with E-state index in [4.69, 9.17) is 5.73 Å². The summed E-state index contributed by atoms with van der Waals surface area (Å²) < 4.78 is 0.723. The number of amides is 3. The van der Waals surface area contributed by atoms with Gasteiger partial charge in [0.1, 0.15) is 17.8 Å². The molecule has 4 N–H and O–H groups in total. The highest BCUT2D eigenvalue weighted by atomic mass is 79.9. The van der Waals surface area contributed by atoms with Gasteiger partial charge in [-0.2, -0.15) is 0 Å². The molecule has 0 bridgehead atoms. The summed E-state index contributed by atoms with van der Waals surface area (Å²) in [5.74, 6) is -1.23. The number of nitrogens with two attached hydrogens (primary N) is 1. The number of carbonyl (C=O) groups is 4. The van der Waals surface area contributed by atoms with Gasteiger partial charge in [0.25, 0.3) is 11.8 Å². The molecule has 2 heterocycles. The topological polar surface area (TPSA) is 133 Å². The summed E-state index contributed by atoms with van der Waals surface area (Å²) in [4.78, 5) is 56.4. The summed E-state index contributed by atoms with van der Waals surface area (Å²) in [6.07, 6.45) is 0.614. The minimum atomic E-state index is -0.963. The van der Waals surface area contributed by atoms with Crippen LogP contribution < -0.4 is 11.1 Å². The van der Waals surface area contributed by atoms with E-state index < -0.39 is 29.9 Å². The number of ketones is 1. The number of phenols is 1. The fourth-order valence-electron chi connectivity index (χ4n) is 5.27. The van der Waals surface area contributed by atoms with Crippen molar-refractivity contribution >= 4 is 45.1 Å². The Kier molecular flexibility index (Phi) is 7.38. The van der Waals surface area contributed by atoms with E-state index in [1.54, 1.807) is 60.7 Å². The molecule has 2 aliphatic rings. The van der Waals surface area contributed by atoms with E-state index in [1.165, 1.54) is 21.9 Å². The van der Waals surface area contributed by atoms with E-state index in [0.29, 0.717) is 23.2 Å². The standard InChI is InChI=1S/C29H27BrN4O5/c30-20-3-1-2-19(15-20)27(37)32-23(14-17-4-10-22(35)11-5-17)29(39)33-13-12-24-26(33)25(36)16-34(24)28(38)18-6-8-21(31)9-7-18/h1-11,15,23-24,26,35H,12-14,16,31H2,(H,32,37)/t23-,24?,26-/m0/s1. The number of benzene rings is 3. The van der Waals surface area contributed by atoms with Gasteiger partial charge in [-0.15, -0.1) is 0 Å². The van der Waals surface area contributed by atoms with Crippen molar-refractivity contribution in [1.29, 1.82) is 0 Å². The quantitative estimate of drug-likeness (QED) is 0.378. The molecule has 3 aromatic rings. The number of Topliss-reactive ketones (excluding diaryl/α,β-unsaturated/α-hetero) is 1. The van der Waals surface area contributed by atoms with Gasteiger partial charge in [0.05, 0.1) is 12.6 Å². The van der Waals surface area contributed by atoms with Crippen molar-refractivity contribution in [2.75, 3.05) is 18.8 Å². The maximum Gasteiger partial charge on any atom is 0.254 e. The Hall–Kier alpha value is -4.18. The van der Waals surface area contributed by atoms with Crippen LogP contribution in [0.25, 0.3) is 0 Å². The predicted octanol–water partition coefficient (Wildman–Crippen LogP) is 2.77. The average Bonchev–Trinajstić information content (AvgIpc) is 3.50. The van der Waals surface area contributed by atoms with Gasteiger partial charge in [-0.3, -0.25) is 19.2 Å². The van der Waals surface area contributed by atoms with Gasteiger partial charge < -0.3 is 26.0 Å². The molecule has 3 amide bonds. The fraction of sp³-hybridized carbons (Fsp3) is 0.241. The molecule has 2 aliphatic heterocycles. The van der Waals surface area contributed by atoms with Gasteiger partial charge in [0.15, 0.2) is 5.78 Å². The van der Waals surface area contributed by atoms with Crippen LogP contribution in [-0.2, 0) is 16.0 Å². The van der Waals surface area contributed by atoms with E-state index in [1.807, 2.05) is 0 Å². The van der Waals surface area contributed by atoms with Crippen molar-refractivity contribution in [3.8, 4) is 5.75 Å². The molecule has 1 unspecified atom stereocenters. The summed E-state index contributed by atoms with van der Waals surface area (Å²) in [5, 5.41) is 12.5. The molecule has 10 heteroatoms. The molecule has 5 rings (SSSR count). The lowest BCUT2D eigenvalue weighted by Crippen LogP contribution is -2.53. The molecule has 0 spiro atoms. The van der Waals surface area contributed by atoms with Crippen molar-refractivity contribution in [2.45, 2.75) is 31.0 Å². The van der Waals surface area contributed by atoms with Crippen LogP contribution >= 0.6 is 15.9 Å². The number of nitrogen functional groups attached to an aromatic ring is 1. The first-order chi connectivity index (χ1) is 18.7. The number of carbonyl (C=O) groups excluding carboxylic acids is 4. The van der Waals surface area contributed by atoms with Gasteiger partial charge in [-0.05, 0) is 66.6 Å². The normalized spacial score (nSPS) is 19.1. The smallest absolute Gasteiger partial charge is 0.254 e. The number of aromatic hydroxyl groups is 1. The van der Waals surface area contributed by atoms with Crippen LogP contribution in [-0.4, -0.2) is 69.6 Å². The summed E-state index contributed by atoms with van der Waals surface area (Å²) in [5.41, 5.74) is 7.81. The van der Waals surface area contributed by atoms with E-state index in [2.05, 4.69) is 21.2 Å². The Morgan fingerprint density at radius 1 is 1.00 bits per heavy atom. The summed E-state index contributed by atoms with van der Waals surface area (Å²) in [6, 6.07) is 17.5. The number of nitrogens with one attached hydrogen (secondary N) is 1. The van der Waals surface area contributed by atoms with Crippen LogP contribution in [0.1, 0.15) is 32.7 Å². The van der Waals surface area contributed by atoms with Gasteiger partial charge in [-0.25, -0.2) is 0 Å². The lowest BCUT2D eigenvalue weighted by Gasteiger charge is -2.28. The van der Waals surface area contributed by atoms with E-state index in [9.17, 15) is 24.3 Å². The second kappa shape index (κ2) is 10.9. The predicted molar refractivity (Wildman–Crippen MR) is 148 cm³/mol. The molecule has 3 aromatic carbocycles. The molecular weight excluding hydrogens is 564 g/mol. The van der Waals surface area contributed by atoms with Gasteiger partial charge in [-0.1, -0.05) is 34.1 Å². The Balaban J connectivity index is 1.38. The van der Waals surface area contributed by atoms with Gasteiger partial charge >= 0.3 is 0 Å². The Labute approximate surface area is 233 Å². The Bertz CT molecular complexity index is 1430. The van der Waals surface area contributed by atoms with Crippen LogP contribution in [0.5, 0.6) is 5.75 Å². The molecule has 0 saturated carbocycles. The molecule has 0 radical (unpaired) electrons. The summed E-state index contributed by atoms with van der Waals surface area (Å²) in [7, 11) is 0. The van der Waals surface area contributed by atoms with Crippen molar-refractivity contribution < 1.29 is 24.3 Å². The molecule has 39 heavy (non-hydrogen) atoms. The van der Waals surface area contributed by atoms with E-state index in [0.717, 1.165) is 10.0 Å². The minimum Gasteiger partial charge on any atom is -0.508 e. The summed E-state index contributed by atoms with van der Waals surface area (Å²) in [6.45, 7) is 0.194. The van der Waals surface area contributed by atoms with Gasteiger partial charge in [0.2, 0.25) is 5.91 Å². The molecule has 9 nitrogen and oxygen atoms in total. The molecule has 0 aliphatic carbocycles. The van der Waals surface area contributed by atoms with Crippen LogP contribution in [0.4, 0.5) is 5.69 Å². The highest BCUT2D eigenvalue weighted by molar-refractivity contribution is 9.10. The first-order valence-electron chi connectivity index (χ1n) is 12.6. The highest BCUT2D eigenvalue weighted by Crippen LogP contribution is 2.32. The zero-order valence-corrected chi connectivity index (χ0v) is 22.5. The highest BCUT2D eigenvalue weighted by Gasteiger charge is 2.52. The largest absolute Gasteiger partial charge is 0.508 e. The lowest BCUT2D eigenvalue weighted by molar-refractivity contribution is -0.138. The second-order valence-corrected chi connectivity index (χ2v) is 10.7. The maximum atomic E-state index is 13.9. The third-order valence-corrected chi connectivity index (χ3v) is 7.68. The molecule has 200 valence electrons. The van der Waals surface area contributed by atoms with E-state index in [-0.39, 0.29) is 37.0 Å². The molecule has 0 aromatic heterocycles. The Morgan fingerprint density at radius 2 is 1.72 bits per heavy atom. The zero-order valence-electron chi connectivity index (χ0n) is 20.9. The van der Waals surface area contributed by atoms with Crippen molar-refractivity contribution in [3.63, 3.8) is 0 Å². The van der Waals surface area contributed by atoms with Crippen molar-refractivity contribution in [1.82, 2.24) is 15.1 Å². The fourth-order valence-corrected chi connectivity index (χ4v) is 5.67. The number of hydrogen-bond donors (Lipinski definition) is 3. The van der Waals surface area contributed by atoms with Crippen molar-refractivity contribution in [2.24, 2.45) is 0 Å². The number of nitrogens with zero attached hydrogens (tertiary/aromatic N) is 2. The number of halogens is 1. The second-order valence-electron chi connectivity index (χ2n) is 9.76. The third kappa shape index (κ3) is 5.51. The minimum absolute atomic E-state index is 0.0876. The number of fused-ring (bicyclic) bond motifs is 1. The van der Waals surface area contributed by atoms with Crippen LogP contribution in [0.15, 0.2) is 77.3 Å². The summed E-state index contributed by atoms with van der Waals surface area (Å²) >= 11 is 3.36. The molecule has 3 atom stereocenters. The molecular formula is C29H27BrN4O5. The van der Waals surface area contributed by atoms with Crippen LogP contribution in [0, 0.1) is 0 Å². The first-order valence-corrected chi connectivity index (χ1v) is 13.3. The number of hydrogen-bond acceptors (Lipinski definition) is 6. The maximum absolute atomic E-state index is 13.9. The molecule has 2 fully saturated rings. The average molecular weight is 591 g/mol. The number of rotatable bonds is 6. The van der Waals surface area contributed by atoms with Crippen LogP contribution in [0.2, 0.25) is 0 Å². The molecule has 2 saturated heterocycles. The number of phenolic OH excluding ortho intramolecular Hbond substituents is 1. The number of likely N-dealkylation sites (tertiary alicyclic amines) is 2. The zero-order chi connectivity index (χ0) is 27.7. The lowest BCUT2D eigenvalue weighted by atomic mass is 10.0. The van der Waals surface area contributed by atoms with Crippen molar-refractivity contribution in [3.05, 3.63) is 94.0 Å². The monoisotopic (exact) mass is 590 g/mol. The SMILES string of the molecule is Nc1ccc(C(=O)N2CC(=O)[C@@H]3C2CCN3C(=O)[C@H](Cc2ccc(O)cc2)NC(=O)c2cccc(Br)c2)cc1. The van der Waals surface area contributed by atoms with E-state index >= 15 is 0 Å². The Morgan fingerprint density at radius 3 is 2.41 bits per heavy atom. The van der Waals surface area contributed by atoms with Gasteiger partial charge in [0, 0.05) is 34.3 Å². The number of anilines is 1.